The number of anilines is 1. The fourth-order valence-corrected chi connectivity index (χ4v) is 3.33. The molecule has 2 aromatic heterocycles. The number of aromatic nitrogens is 3. The number of piperidine rings is 1. The van der Waals surface area contributed by atoms with Crippen LogP contribution < -0.4 is 10.2 Å². The van der Waals surface area contributed by atoms with E-state index in [0.29, 0.717) is 5.69 Å². The molecule has 1 atom stereocenters. The Morgan fingerprint density at radius 1 is 1.30 bits per heavy atom. The van der Waals surface area contributed by atoms with Crippen molar-refractivity contribution in [2.75, 3.05) is 18.5 Å². The summed E-state index contributed by atoms with van der Waals surface area (Å²) in [6.07, 6.45) is 5.03. The van der Waals surface area contributed by atoms with E-state index in [1.54, 1.807) is 13.4 Å². The molecule has 1 fully saturated rings. The van der Waals surface area contributed by atoms with Gasteiger partial charge in [0.15, 0.2) is 0 Å². The van der Waals surface area contributed by atoms with E-state index in [4.69, 9.17) is 0 Å². The van der Waals surface area contributed by atoms with Gasteiger partial charge in [-0.25, -0.2) is 9.97 Å². The second kappa shape index (κ2) is 6.40. The van der Waals surface area contributed by atoms with Crippen LogP contribution in [0.15, 0.2) is 24.5 Å². The first kappa shape index (κ1) is 15.5. The van der Waals surface area contributed by atoms with Crippen LogP contribution in [0.3, 0.4) is 0 Å². The Morgan fingerprint density at radius 3 is 2.87 bits per heavy atom. The molecule has 1 aliphatic rings. The van der Waals surface area contributed by atoms with E-state index in [0.717, 1.165) is 36.6 Å². The topological polar surface area (TPSA) is 63.1 Å². The molecule has 0 aliphatic carbocycles. The Hall–Kier alpha value is -2.37. The van der Waals surface area contributed by atoms with Crippen LogP contribution in [0.25, 0.3) is 0 Å². The van der Waals surface area contributed by atoms with Gasteiger partial charge >= 0.3 is 0 Å². The lowest BCUT2D eigenvalue weighted by molar-refractivity contribution is 0.0954. The third-order valence-electron chi connectivity index (χ3n) is 4.55. The molecule has 3 rings (SSSR count). The van der Waals surface area contributed by atoms with Crippen molar-refractivity contribution in [2.45, 2.75) is 32.2 Å². The third-order valence-corrected chi connectivity index (χ3v) is 4.55. The summed E-state index contributed by atoms with van der Waals surface area (Å²) in [5, 5.41) is 2.69. The lowest BCUT2D eigenvalue weighted by atomic mass is 9.99. The fourth-order valence-electron chi connectivity index (χ4n) is 3.33. The highest BCUT2D eigenvalue weighted by atomic mass is 16.1. The number of carbonyl (C=O) groups excluding carboxylic acids is 1. The average Bonchev–Trinajstić information content (AvgIpc) is 2.95. The number of nitrogens with one attached hydrogen (secondary N) is 1. The van der Waals surface area contributed by atoms with Crippen molar-refractivity contribution in [3.05, 3.63) is 41.6 Å². The van der Waals surface area contributed by atoms with Crippen LogP contribution in [0, 0.1) is 6.92 Å². The summed E-state index contributed by atoms with van der Waals surface area (Å²) in [4.78, 5) is 22.9. The van der Waals surface area contributed by atoms with E-state index in [1.165, 1.54) is 6.42 Å². The zero-order valence-corrected chi connectivity index (χ0v) is 13.9. The van der Waals surface area contributed by atoms with Crippen LogP contribution >= 0.6 is 0 Å². The maximum Gasteiger partial charge on any atom is 0.267 e. The van der Waals surface area contributed by atoms with E-state index < -0.39 is 0 Å². The van der Waals surface area contributed by atoms with E-state index in [1.807, 2.05) is 30.7 Å². The largest absolute Gasteiger partial charge is 0.354 e. The van der Waals surface area contributed by atoms with Crippen LogP contribution in [0.2, 0.25) is 0 Å². The summed E-state index contributed by atoms with van der Waals surface area (Å²) >= 11 is 0. The molecule has 6 nitrogen and oxygen atoms in total. The SMILES string of the molecule is CNC(=O)c1ccc([C@@H]2CCCCN2c2cc(C)ncn2)n1C. The highest BCUT2D eigenvalue weighted by Crippen LogP contribution is 2.34. The number of carbonyl (C=O) groups is 1. The summed E-state index contributed by atoms with van der Waals surface area (Å²) in [5.74, 6) is 0.906. The Bertz CT molecular complexity index is 709. The Labute approximate surface area is 136 Å². The summed E-state index contributed by atoms with van der Waals surface area (Å²) < 4.78 is 2.00. The van der Waals surface area contributed by atoms with Gasteiger partial charge in [-0.05, 0) is 38.3 Å². The normalized spacial score (nSPS) is 18.0. The Kier molecular flexibility index (Phi) is 4.32. The van der Waals surface area contributed by atoms with Gasteiger partial charge in [-0.1, -0.05) is 0 Å². The highest BCUT2D eigenvalue weighted by Gasteiger charge is 2.28. The number of amides is 1. The number of hydrogen-bond acceptors (Lipinski definition) is 4. The van der Waals surface area contributed by atoms with Gasteiger partial charge in [0.2, 0.25) is 0 Å². The van der Waals surface area contributed by atoms with Crippen LogP contribution in [0.1, 0.15) is 47.2 Å². The molecule has 0 radical (unpaired) electrons. The monoisotopic (exact) mass is 313 g/mol. The molecular formula is C17H23N5O. The molecule has 6 heteroatoms. The molecule has 0 bridgehead atoms. The highest BCUT2D eigenvalue weighted by molar-refractivity contribution is 5.92. The van der Waals surface area contributed by atoms with Gasteiger partial charge in [-0.2, -0.15) is 0 Å². The van der Waals surface area contributed by atoms with Gasteiger partial charge in [-0.15, -0.1) is 0 Å². The molecule has 1 amide bonds. The zero-order valence-electron chi connectivity index (χ0n) is 13.9. The number of aryl methyl sites for hydroxylation is 1. The fraction of sp³-hybridized carbons (Fsp3) is 0.471. The van der Waals surface area contributed by atoms with Crippen molar-refractivity contribution < 1.29 is 4.79 Å². The standard InChI is InChI=1S/C17H23N5O/c1-12-10-16(20-11-19-12)22-9-5-4-6-14(22)13-7-8-15(21(13)3)17(23)18-2/h7-8,10-11,14H,4-6,9H2,1-3H3,(H,18,23)/t14-/m0/s1. The van der Waals surface area contributed by atoms with Crippen LogP contribution in [-0.4, -0.2) is 34.0 Å². The summed E-state index contributed by atoms with van der Waals surface area (Å²) in [6.45, 7) is 2.96. The molecule has 3 heterocycles. The zero-order chi connectivity index (χ0) is 16.4. The quantitative estimate of drug-likeness (QED) is 0.944. The lowest BCUT2D eigenvalue weighted by Gasteiger charge is -2.37. The van der Waals surface area contributed by atoms with Gasteiger partial charge in [-0.3, -0.25) is 4.79 Å². The van der Waals surface area contributed by atoms with E-state index >= 15 is 0 Å². The molecule has 23 heavy (non-hydrogen) atoms. The number of rotatable bonds is 3. The number of hydrogen-bond donors (Lipinski definition) is 1. The predicted octanol–water partition coefficient (Wildman–Crippen LogP) is 2.21. The summed E-state index contributed by atoms with van der Waals surface area (Å²) in [7, 11) is 3.61. The molecule has 0 saturated carbocycles. The van der Waals surface area contributed by atoms with Crippen LogP contribution in [-0.2, 0) is 7.05 Å². The second-order valence-corrected chi connectivity index (χ2v) is 6.00. The molecule has 1 aliphatic heterocycles. The van der Waals surface area contributed by atoms with Crippen molar-refractivity contribution in [2.24, 2.45) is 7.05 Å². The molecule has 1 N–H and O–H groups in total. The molecule has 0 aromatic carbocycles. The second-order valence-electron chi connectivity index (χ2n) is 6.00. The Balaban J connectivity index is 1.96. The summed E-state index contributed by atoms with van der Waals surface area (Å²) in [5.41, 5.74) is 2.81. The van der Waals surface area contributed by atoms with Crippen LogP contribution in [0.5, 0.6) is 0 Å². The minimum Gasteiger partial charge on any atom is -0.354 e. The van der Waals surface area contributed by atoms with Crippen molar-refractivity contribution >= 4 is 11.7 Å². The van der Waals surface area contributed by atoms with Gasteiger partial charge in [0.05, 0.1) is 6.04 Å². The summed E-state index contributed by atoms with van der Waals surface area (Å²) in [6, 6.07) is 6.22. The van der Waals surface area contributed by atoms with Crippen molar-refractivity contribution in [3.63, 3.8) is 0 Å². The van der Waals surface area contributed by atoms with E-state index in [9.17, 15) is 4.79 Å². The maximum atomic E-state index is 12.0. The number of nitrogens with zero attached hydrogens (tertiary/aromatic N) is 4. The van der Waals surface area contributed by atoms with Gasteiger partial charge < -0.3 is 14.8 Å². The van der Waals surface area contributed by atoms with Gasteiger partial charge in [0, 0.05) is 38.1 Å². The third kappa shape index (κ3) is 2.93. The molecule has 122 valence electrons. The smallest absolute Gasteiger partial charge is 0.267 e. The molecule has 0 unspecified atom stereocenters. The van der Waals surface area contributed by atoms with Gasteiger partial charge in [0.25, 0.3) is 5.91 Å². The first-order chi connectivity index (χ1) is 11.1. The van der Waals surface area contributed by atoms with Crippen LogP contribution in [0.4, 0.5) is 5.82 Å². The van der Waals surface area contributed by atoms with Crippen molar-refractivity contribution in [1.82, 2.24) is 19.9 Å². The molecule has 2 aromatic rings. The van der Waals surface area contributed by atoms with Crippen molar-refractivity contribution in [3.8, 4) is 0 Å². The maximum absolute atomic E-state index is 12.0. The minimum absolute atomic E-state index is 0.0565. The van der Waals surface area contributed by atoms with E-state index in [2.05, 4.69) is 26.3 Å². The average molecular weight is 313 g/mol. The minimum atomic E-state index is -0.0565. The van der Waals surface area contributed by atoms with E-state index in [-0.39, 0.29) is 11.9 Å². The molecule has 0 spiro atoms. The predicted molar refractivity (Wildman–Crippen MR) is 89.5 cm³/mol. The Morgan fingerprint density at radius 2 is 2.13 bits per heavy atom. The molecular weight excluding hydrogens is 290 g/mol. The first-order valence-corrected chi connectivity index (χ1v) is 8.05. The van der Waals surface area contributed by atoms with Gasteiger partial charge in [0.1, 0.15) is 17.8 Å². The van der Waals surface area contributed by atoms with Crippen molar-refractivity contribution in [1.29, 1.82) is 0 Å². The first-order valence-electron chi connectivity index (χ1n) is 8.05. The molecule has 1 saturated heterocycles. The lowest BCUT2D eigenvalue weighted by Crippen LogP contribution is -2.35.